The molecular weight excluding hydrogens is 268 g/mol. The predicted molar refractivity (Wildman–Crippen MR) is 83.0 cm³/mol. The smallest absolute Gasteiger partial charge is 0.313 e. The number of aliphatic hydroxyl groups is 1. The minimum Gasteiger partial charge on any atom is -0.391 e. The topological polar surface area (TPSA) is 78.4 Å². The number of anilines is 1. The van der Waals surface area contributed by atoms with E-state index in [0.717, 1.165) is 11.1 Å². The SMILES string of the molecule is Cc1ccc(C)c(NC(=O)C(=O)NC[C@H](O)C(C)(C)C)c1. The number of aliphatic hydroxyl groups excluding tert-OH is 1. The van der Waals surface area contributed by atoms with Crippen molar-refractivity contribution in [1.29, 1.82) is 0 Å². The number of aryl methyl sites for hydroxylation is 2. The molecule has 0 unspecified atom stereocenters. The van der Waals surface area contributed by atoms with Gasteiger partial charge in [-0.2, -0.15) is 0 Å². The number of carbonyl (C=O) groups excluding carboxylic acids is 2. The Morgan fingerprint density at radius 1 is 1.19 bits per heavy atom. The molecule has 1 aromatic rings. The van der Waals surface area contributed by atoms with Crippen LogP contribution in [0.25, 0.3) is 0 Å². The summed E-state index contributed by atoms with van der Waals surface area (Å²) in [5.74, 6) is -1.48. The zero-order valence-electron chi connectivity index (χ0n) is 13.3. The molecule has 0 aliphatic rings. The van der Waals surface area contributed by atoms with E-state index in [2.05, 4.69) is 10.6 Å². The molecule has 0 aliphatic heterocycles. The number of nitrogens with one attached hydrogen (secondary N) is 2. The van der Waals surface area contributed by atoms with E-state index in [-0.39, 0.29) is 12.0 Å². The molecule has 116 valence electrons. The fraction of sp³-hybridized carbons (Fsp3) is 0.500. The monoisotopic (exact) mass is 292 g/mol. The van der Waals surface area contributed by atoms with Crippen LogP contribution < -0.4 is 10.6 Å². The third kappa shape index (κ3) is 5.19. The predicted octanol–water partition coefficient (Wildman–Crippen LogP) is 1.77. The number of benzene rings is 1. The summed E-state index contributed by atoms with van der Waals surface area (Å²) in [6.07, 6.45) is -0.713. The van der Waals surface area contributed by atoms with Crippen LogP contribution in [0.1, 0.15) is 31.9 Å². The lowest BCUT2D eigenvalue weighted by Crippen LogP contribution is -2.43. The van der Waals surface area contributed by atoms with Crippen molar-refractivity contribution in [3.05, 3.63) is 29.3 Å². The highest BCUT2D eigenvalue weighted by molar-refractivity contribution is 6.39. The average Bonchev–Trinajstić information content (AvgIpc) is 2.38. The van der Waals surface area contributed by atoms with Gasteiger partial charge in [0, 0.05) is 12.2 Å². The number of rotatable bonds is 3. The van der Waals surface area contributed by atoms with Crippen molar-refractivity contribution in [1.82, 2.24) is 5.32 Å². The number of hydrogen-bond acceptors (Lipinski definition) is 3. The molecule has 0 fully saturated rings. The van der Waals surface area contributed by atoms with Crippen LogP contribution in [-0.4, -0.2) is 29.6 Å². The minimum absolute atomic E-state index is 0.0442. The summed E-state index contributed by atoms with van der Waals surface area (Å²) >= 11 is 0. The second-order valence-corrected chi connectivity index (χ2v) is 6.36. The molecule has 1 aromatic carbocycles. The standard InChI is InChI=1S/C16H24N2O3/c1-10-6-7-11(2)12(8-10)18-15(21)14(20)17-9-13(19)16(3,4)5/h6-8,13,19H,9H2,1-5H3,(H,17,20)(H,18,21)/t13-/m0/s1. The summed E-state index contributed by atoms with van der Waals surface area (Å²) < 4.78 is 0. The van der Waals surface area contributed by atoms with Crippen LogP contribution in [0, 0.1) is 19.3 Å². The maximum Gasteiger partial charge on any atom is 0.313 e. The zero-order valence-corrected chi connectivity index (χ0v) is 13.3. The number of carbonyl (C=O) groups is 2. The molecule has 3 N–H and O–H groups in total. The Labute approximate surface area is 125 Å². The van der Waals surface area contributed by atoms with E-state index in [1.165, 1.54) is 0 Å². The van der Waals surface area contributed by atoms with Crippen molar-refractivity contribution in [3.63, 3.8) is 0 Å². The highest BCUT2D eigenvalue weighted by Crippen LogP contribution is 2.18. The molecule has 0 spiro atoms. The lowest BCUT2D eigenvalue weighted by molar-refractivity contribution is -0.136. The zero-order chi connectivity index (χ0) is 16.2. The molecule has 2 amide bonds. The highest BCUT2D eigenvalue weighted by Gasteiger charge is 2.24. The van der Waals surface area contributed by atoms with Gasteiger partial charge in [0.25, 0.3) is 0 Å². The van der Waals surface area contributed by atoms with Gasteiger partial charge in [-0.1, -0.05) is 32.9 Å². The Balaban J connectivity index is 2.60. The Bertz CT molecular complexity index is 533. The first-order valence-corrected chi connectivity index (χ1v) is 6.95. The normalized spacial score (nSPS) is 12.7. The molecule has 5 heteroatoms. The number of hydrogen-bond donors (Lipinski definition) is 3. The van der Waals surface area contributed by atoms with Crippen molar-refractivity contribution in [2.75, 3.05) is 11.9 Å². The molecule has 0 radical (unpaired) electrons. The van der Waals surface area contributed by atoms with Crippen LogP contribution in [0.5, 0.6) is 0 Å². The van der Waals surface area contributed by atoms with Crippen LogP contribution >= 0.6 is 0 Å². The van der Waals surface area contributed by atoms with Gasteiger partial charge in [0.15, 0.2) is 0 Å². The summed E-state index contributed by atoms with van der Waals surface area (Å²) in [6, 6.07) is 5.63. The highest BCUT2D eigenvalue weighted by atomic mass is 16.3. The van der Waals surface area contributed by atoms with Gasteiger partial charge in [0.1, 0.15) is 0 Å². The molecule has 0 aromatic heterocycles. The van der Waals surface area contributed by atoms with Crippen LogP contribution in [-0.2, 0) is 9.59 Å². The van der Waals surface area contributed by atoms with Gasteiger partial charge < -0.3 is 15.7 Å². The van der Waals surface area contributed by atoms with Crippen LogP contribution in [0.4, 0.5) is 5.69 Å². The van der Waals surface area contributed by atoms with Gasteiger partial charge in [0.2, 0.25) is 0 Å². The molecule has 21 heavy (non-hydrogen) atoms. The summed E-state index contributed by atoms with van der Waals surface area (Å²) in [6.45, 7) is 9.40. The lowest BCUT2D eigenvalue weighted by Gasteiger charge is -2.25. The van der Waals surface area contributed by atoms with E-state index in [4.69, 9.17) is 0 Å². The second kappa shape index (κ2) is 6.72. The van der Waals surface area contributed by atoms with Crippen LogP contribution in [0.3, 0.4) is 0 Å². The molecule has 0 aliphatic carbocycles. The molecule has 0 bridgehead atoms. The van der Waals surface area contributed by atoms with Gasteiger partial charge in [-0.05, 0) is 36.5 Å². The van der Waals surface area contributed by atoms with Gasteiger partial charge >= 0.3 is 11.8 Å². The molecule has 0 saturated heterocycles. The Kier molecular flexibility index (Phi) is 5.49. The van der Waals surface area contributed by atoms with Gasteiger partial charge in [-0.15, -0.1) is 0 Å². The third-order valence-corrected chi connectivity index (χ3v) is 3.30. The Morgan fingerprint density at radius 2 is 1.81 bits per heavy atom. The fourth-order valence-corrected chi connectivity index (χ4v) is 1.63. The molecule has 0 saturated carbocycles. The Morgan fingerprint density at radius 3 is 2.38 bits per heavy atom. The lowest BCUT2D eigenvalue weighted by atomic mass is 9.89. The van der Waals surface area contributed by atoms with E-state index >= 15 is 0 Å². The maximum atomic E-state index is 11.8. The van der Waals surface area contributed by atoms with E-state index in [9.17, 15) is 14.7 Å². The third-order valence-electron chi connectivity index (χ3n) is 3.30. The van der Waals surface area contributed by atoms with E-state index in [1.807, 2.05) is 52.8 Å². The first-order chi connectivity index (χ1) is 9.61. The molecule has 0 heterocycles. The quantitative estimate of drug-likeness (QED) is 0.743. The largest absolute Gasteiger partial charge is 0.391 e. The van der Waals surface area contributed by atoms with E-state index in [0.29, 0.717) is 5.69 Å². The van der Waals surface area contributed by atoms with Crippen LogP contribution in [0.15, 0.2) is 18.2 Å². The summed E-state index contributed by atoms with van der Waals surface area (Å²) in [4.78, 5) is 23.6. The Hall–Kier alpha value is -1.88. The van der Waals surface area contributed by atoms with Crippen molar-refractivity contribution < 1.29 is 14.7 Å². The van der Waals surface area contributed by atoms with Crippen molar-refractivity contribution in [3.8, 4) is 0 Å². The van der Waals surface area contributed by atoms with Crippen molar-refractivity contribution in [2.45, 2.75) is 40.7 Å². The molecule has 1 rings (SSSR count). The molecule has 1 atom stereocenters. The summed E-state index contributed by atoms with van der Waals surface area (Å²) in [5.41, 5.74) is 2.15. The first-order valence-electron chi connectivity index (χ1n) is 6.95. The fourth-order valence-electron chi connectivity index (χ4n) is 1.63. The van der Waals surface area contributed by atoms with Gasteiger partial charge in [0.05, 0.1) is 6.10 Å². The van der Waals surface area contributed by atoms with Gasteiger partial charge in [-0.25, -0.2) is 0 Å². The summed E-state index contributed by atoms with van der Waals surface area (Å²) in [5, 5.41) is 14.9. The molecular formula is C16H24N2O3. The van der Waals surface area contributed by atoms with Crippen molar-refractivity contribution >= 4 is 17.5 Å². The number of amides is 2. The van der Waals surface area contributed by atoms with Crippen LogP contribution in [0.2, 0.25) is 0 Å². The molecule has 5 nitrogen and oxygen atoms in total. The minimum atomic E-state index is -0.751. The van der Waals surface area contributed by atoms with Crippen molar-refractivity contribution in [2.24, 2.45) is 5.41 Å². The maximum absolute atomic E-state index is 11.8. The van der Waals surface area contributed by atoms with E-state index in [1.54, 1.807) is 0 Å². The van der Waals surface area contributed by atoms with E-state index < -0.39 is 17.9 Å². The summed E-state index contributed by atoms with van der Waals surface area (Å²) in [7, 11) is 0. The average molecular weight is 292 g/mol. The first kappa shape index (κ1) is 17.2. The van der Waals surface area contributed by atoms with Gasteiger partial charge in [-0.3, -0.25) is 9.59 Å². The second-order valence-electron chi connectivity index (χ2n) is 6.36.